The van der Waals surface area contributed by atoms with Gasteiger partial charge in [-0.3, -0.25) is 9.89 Å². The minimum absolute atomic E-state index is 0. The summed E-state index contributed by atoms with van der Waals surface area (Å²) in [6.07, 6.45) is 10.6. The van der Waals surface area contributed by atoms with Crippen LogP contribution in [0.25, 0.3) is 0 Å². The van der Waals surface area contributed by atoms with Crippen LogP contribution in [0.4, 0.5) is 0 Å². The first-order valence-electron chi connectivity index (χ1n) is 8.95. The second-order valence-corrected chi connectivity index (χ2v) is 7.15. The molecule has 1 saturated heterocycles. The summed E-state index contributed by atoms with van der Waals surface area (Å²) < 4.78 is 0. The molecule has 130 valence electrons. The lowest BCUT2D eigenvalue weighted by molar-refractivity contribution is 0.142. The normalized spacial score (nSPS) is 26.8. The van der Waals surface area contributed by atoms with Gasteiger partial charge >= 0.3 is 0 Å². The van der Waals surface area contributed by atoms with E-state index in [4.69, 9.17) is 5.73 Å². The van der Waals surface area contributed by atoms with Crippen LogP contribution in [-0.4, -0.2) is 42.6 Å². The van der Waals surface area contributed by atoms with E-state index in [2.05, 4.69) is 29.1 Å². The number of nitrogens with one attached hydrogen (secondary N) is 1. The van der Waals surface area contributed by atoms with Crippen LogP contribution in [0.2, 0.25) is 0 Å². The highest BCUT2D eigenvalue weighted by molar-refractivity contribution is 14.0. The molecule has 0 aromatic rings. The van der Waals surface area contributed by atoms with Crippen LogP contribution in [0.15, 0.2) is 4.99 Å². The number of nitrogens with zero attached hydrogens (tertiary/aromatic N) is 2. The molecule has 2 unspecified atom stereocenters. The van der Waals surface area contributed by atoms with Gasteiger partial charge in [0.05, 0.1) is 6.54 Å². The van der Waals surface area contributed by atoms with E-state index in [1.54, 1.807) is 0 Å². The number of hydrogen-bond acceptors (Lipinski definition) is 2. The summed E-state index contributed by atoms with van der Waals surface area (Å²) in [5.41, 5.74) is 6.08. The molecule has 0 spiro atoms. The van der Waals surface area contributed by atoms with E-state index in [1.807, 2.05) is 0 Å². The van der Waals surface area contributed by atoms with E-state index in [0.29, 0.717) is 18.0 Å². The highest BCUT2D eigenvalue weighted by Gasteiger charge is 2.20. The van der Waals surface area contributed by atoms with Gasteiger partial charge in [0, 0.05) is 18.6 Å². The average Bonchev–Trinajstić information content (AvgIpc) is 2.73. The van der Waals surface area contributed by atoms with Crippen LogP contribution in [0.1, 0.15) is 65.2 Å². The Morgan fingerprint density at radius 3 is 2.50 bits per heavy atom. The van der Waals surface area contributed by atoms with Gasteiger partial charge in [0.1, 0.15) is 0 Å². The Morgan fingerprint density at radius 1 is 1.18 bits per heavy atom. The third kappa shape index (κ3) is 7.02. The lowest BCUT2D eigenvalue weighted by Gasteiger charge is -2.35. The summed E-state index contributed by atoms with van der Waals surface area (Å²) in [5.74, 6) is 1.48. The van der Waals surface area contributed by atoms with E-state index in [0.717, 1.165) is 12.5 Å². The number of likely N-dealkylation sites (tertiary alicyclic amines) is 1. The quantitative estimate of drug-likeness (QED) is 0.316. The van der Waals surface area contributed by atoms with Gasteiger partial charge < -0.3 is 11.1 Å². The van der Waals surface area contributed by atoms with Crippen LogP contribution in [-0.2, 0) is 0 Å². The molecule has 2 fully saturated rings. The minimum Gasteiger partial charge on any atom is -0.370 e. The van der Waals surface area contributed by atoms with Crippen molar-refractivity contribution >= 4 is 29.9 Å². The van der Waals surface area contributed by atoms with Crippen LogP contribution in [0, 0.1) is 5.92 Å². The number of rotatable bonds is 4. The maximum Gasteiger partial charge on any atom is 0.188 e. The molecule has 0 aromatic carbocycles. The van der Waals surface area contributed by atoms with Gasteiger partial charge in [0.15, 0.2) is 5.96 Å². The van der Waals surface area contributed by atoms with Crippen molar-refractivity contribution in [3.8, 4) is 0 Å². The Hall–Kier alpha value is -0.0400. The summed E-state index contributed by atoms with van der Waals surface area (Å²) >= 11 is 0. The highest BCUT2D eigenvalue weighted by atomic mass is 127. The van der Waals surface area contributed by atoms with Crippen LogP contribution < -0.4 is 11.1 Å². The van der Waals surface area contributed by atoms with E-state index in [9.17, 15) is 0 Å². The van der Waals surface area contributed by atoms with Crippen molar-refractivity contribution in [2.24, 2.45) is 16.6 Å². The molecule has 1 saturated carbocycles. The van der Waals surface area contributed by atoms with Gasteiger partial charge in [-0.1, -0.05) is 32.6 Å². The van der Waals surface area contributed by atoms with Crippen LogP contribution in [0.3, 0.4) is 0 Å². The molecule has 3 N–H and O–H groups in total. The van der Waals surface area contributed by atoms with Gasteiger partial charge in [-0.25, -0.2) is 0 Å². The summed E-state index contributed by atoms with van der Waals surface area (Å²) in [7, 11) is 0. The Kier molecular flexibility index (Phi) is 9.71. The zero-order valence-electron chi connectivity index (χ0n) is 14.4. The summed E-state index contributed by atoms with van der Waals surface area (Å²) in [6, 6.07) is 1.05. The molecule has 2 rings (SSSR count). The van der Waals surface area contributed by atoms with Gasteiger partial charge in [-0.15, -0.1) is 24.0 Å². The molecule has 5 heteroatoms. The number of hydrogen-bond donors (Lipinski definition) is 2. The van der Waals surface area contributed by atoms with E-state index < -0.39 is 0 Å². The standard InChI is InChI=1S/C17H34N4.HI/c1-14-8-7-11-21(13-14)15(2)12-19-17(18)20-16-9-5-3-4-6-10-16;/h14-16H,3-13H2,1-2H3,(H3,18,19,20);1H. The molecule has 2 atom stereocenters. The van der Waals surface area contributed by atoms with E-state index in [-0.39, 0.29) is 24.0 Å². The first-order chi connectivity index (χ1) is 10.1. The topological polar surface area (TPSA) is 53.6 Å². The summed E-state index contributed by atoms with van der Waals surface area (Å²) in [6.45, 7) is 7.88. The molecular formula is C17H35IN4. The Bertz CT molecular complexity index is 327. The molecule has 22 heavy (non-hydrogen) atoms. The predicted molar refractivity (Wildman–Crippen MR) is 106 cm³/mol. The first kappa shape index (κ1) is 20.0. The van der Waals surface area contributed by atoms with Crippen LogP contribution in [0.5, 0.6) is 0 Å². The lowest BCUT2D eigenvalue weighted by atomic mass is 9.99. The monoisotopic (exact) mass is 422 g/mol. The number of guanidine groups is 1. The number of halogens is 1. The van der Waals surface area contributed by atoms with Gasteiger partial charge in [-0.2, -0.15) is 0 Å². The van der Waals surface area contributed by atoms with Crippen molar-refractivity contribution in [1.82, 2.24) is 10.2 Å². The van der Waals surface area contributed by atoms with E-state index >= 15 is 0 Å². The van der Waals surface area contributed by atoms with Crippen molar-refractivity contribution in [3.63, 3.8) is 0 Å². The zero-order valence-corrected chi connectivity index (χ0v) is 16.7. The molecular weight excluding hydrogens is 387 g/mol. The smallest absolute Gasteiger partial charge is 0.188 e. The van der Waals surface area contributed by atoms with Crippen molar-refractivity contribution in [1.29, 1.82) is 0 Å². The minimum atomic E-state index is 0. The van der Waals surface area contributed by atoms with Crippen molar-refractivity contribution < 1.29 is 0 Å². The molecule has 4 nitrogen and oxygen atoms in total. The maximum absolute atomic E-state index is 6.08. The molecule has 0 amide bonds. The number of piperidine rings is 1. The van der Waals surface area contributed by atoms with Gasteiger partial charge in [0.25, 0.3) is 0 Å². The second kappa shape index (κ2) is 10.7. The first-order valence-corrected chi connectivity index (χ1v) is 8.95. The third-order valence-electron chi connectivity index (χ3n) is 5.04. The molecule has 0 bridgehead atoms. The molecule has 0 radical (unpaired) electrons. The van der Waals surface area contributed by atoms with Gasteiger partial charge in [0.2, 0.25) is 0 Å². The fourth-order valence-electron chi connectivity index (χ4n) is 3.65. The highest BCUT2D eigenvalue weighted by Crippen LogP contribution is 2.18. The third-order valence-corrected chi connectivity index (χ3v) is 5.04. The SMILES string of the molecule is CC1CCCN(C(C)CN=C(N)NC2CCCCCC2)C1.I. The Balaban J connectivity index is 0.00000242. The number of aliphatic imine (C=N–C) groups is 1. The second-order valence-electron chi connectivity index (χ2n) is 7.15. The molecule has 1 aliphatic heterocycles. The fourth-order valence-corrected chi connectivity index (χ4v) is 3.65. The Labute approximate surface area is 153 Å². The van der Waals surface area contributed by atoms with Crippen molar-refractivity contribution in [2.45, 2.75) is 77.3 Å². The molecule has 1 heterocycles. The van der Waals surface area contributed by atoms with Crippen LogP contribution >= 0.6 is 24.0 Å². The summed E-state index contributed by atoms with van der Waals surface area (Å²) in [4.78, 5) is 7.16. The maximum atomic E-state index is 6.08. The van der Waals surface area contributed by atoms with Crippen molar-refractivity contribution in [3.05, 3.63) is 0 Å². The van der Waals surface area contributed by atoms with Gasteiger partial charge in [-0.05, 0) is 45.1 Å². The fraction of sp³-hybridized carbons (Fsp3) is 0.941. The average molecular weight is 422 g/mol. The van der Waals surface area contributed by atoms with Crippen molar-refractivity contribution in [2.75, 3.05) is 19.6 Å². The summed E-state index contributed by atoms with van der Waals surface area (Å²) in [5, 5.41) is 3.44. The predicted octanol–water partition coefficient (Wildman–Crippen LogP) is 3.35. The number of nitrogens with two attached hydrogens (primary N) is 1. The largest absolute Gasteiger partial charge is 0.370 e. The lowest BCUT2D eigenvalue weighted by Crippen LogP contribution is -2.44. The Morgan fingerprint density at radius 2 is 1.86 bits per heavy atom. The molecule has 1 aliphatic carbocycles. The molecule has 2 aliphatic rings. The molecule has 0 aromatic heterocycles. The van der Waals surface area contributed by atoms with E-state index in [1.165, 1.54) is 64.5 Å². The zero-order chi connectivity index (χ0) is 15.1.